The van der Waals surface area contributed by atoms with Crippen LogP contribution in [0.25, 0.3) is 11.3 Å². The van der Waals surface area contributed by atoms with E-state index in [9.17, 15) is 14.7 Å². The first kappa shape index (κ1) is 26.1. The molecule has 6 nitrogen and oxygen atoms in total. The third kappa shape index (κ3) is 7.05. The Morgan fingerprint density at radius 3 is 2.41 bits per heavy atom. The van der Waals surface area contributed by atoms with Crippen molar-refractivity contribution in [3.05, 3.63) is 101 Å². The van der Waals surface area contributed by atoms with Gasteiger partial charge in [0.05, 0.1) is 5.69 Å². The topological polar surface area (TPSA) is 88.5 Å². The van der Waals surface area contributed by atoms with Gasteiger partial charge < -0.3 is 9.84 Å². The highest BCUT2D eigenvalue weighted by Crippen LogP contribution is 2.28. The van der Waals surface area contributed by atoms with E-state index in [-0.39, 0.29) is 11.3 Å². The molecule has 0 aliphatic carbocycles. The highest BCUT2D eigenvalue weighted by atomic mass is 32.1. The zero-order chi connectivity index (χ0) is 26.0. The maximum atomic E-state index is 13.2. The molecule has 4 rings (SSSR count). The number of aryl methyl sites for hydroxylation is 1. The van der Waals surface area contributed by atoms with Crippen LogP contribution >= 0.6 is 11.3 Å². The number of amides is 1. The van der Waals surface area contributed by atoms with Crippen molar-refractivity contribution in [3.8, 4) is 17.0 Å². The van der Waals surface area contributed by atoms with Crippen molar-refractivity contribution in [1.29, 1.82) is 0 Å². The number of nitrogens with zero attached hydrogens (tertiary/aromatic N) is 1. The summed E-state index contributed by atoms with van der Waals surface area (Å²) in [6, 6.07) is 23.2. The quantitative estimate of drug-likeness (QED) is 0.164. The predicted molar refractivity (Wildman–Crippen MR) is 147 cm³/mol. The Balaban J connectivity index is 1.45. The van der Waals surface area contributed by atoms with Crippen LogP contribution in [0.4, 0.5) is 5.13 Å². The molecule has 0 aliphatic rings. The molecule has 0 fully saturated rings. The first-order valence-electron chi connectivity index (χ1n) is 12.4. The van der Waals surface area contributed by atoms with Crippen LogP contribution in [-0.4, -0.2) is 22.0 Å². The Kier molecular flexibility index (Phi) is 9.05. The number of phenols is 1. The van der Waals surface area contributed by atoms with E-state index in [4.69, 9.17) is 4.74 Å². The number of hydrogen-bond acceptors (Lipinski definition) is 6. The van der Waals surface area contributed by atoms with Crippen LogP contribution in [-0.2, 0) is 16.0 Å². The van der Waals surface area contributed by atoms with Crippen LogP contribution in [0.3, 0.4) is 0 Å². The summed E-state index contributed by atoms with van der Waals surface area (Å²) in [4.78, 5) is 30.5. The number of para-hydroxylation sites is 1. The van der Waals surface area contributed by atoms with Crippen molar-refractivity contribution < 1.29 is 19.4 Å². The molecule has 0 saturated heterocycles. The van der Waals surface area contributed by atoms with Gasteiger partial charge in [0.15, 0.2) is 5.13 Å². The molecule has 3 aromatic carbocycles. The van der Waals surface area contributed by atoms with Crippen molar-refractivity contribution >= 4 is 28.3 Å². The number of nitrogens with one attached hydrogen (secondary N) is 1. The smallest absolute Gasteiger partial charge is 0.343 e. The van der Waals surface area contributed by atoms with Gasteiger partial charge >= 0.3 is 5.97 Å². The lowest BCUT2D eigenvalue weighted by Crippen LogP contribution is -2.26. The van der Waals surface area contributed by atoms with Gasteiger partial charge in [-0.15, -0.1) is 11.3 Å². The van der Waals surface area contributed by atoms with Crippen LogP contribution in [0.1, 0.15) is 60.2 Å². The average molecular weight is 515 g/mol. The Morgan fingerprint density at radius 2 is 1.68 bits per heavy atom. The lowest BCUT2D eigenvalue weighted by molar-refractivity contribution is -0.125. The van der Waals surface area contributed by atoms with Crippen LogP contribution in [0.2, 0.25) is 0 Å². The first-order chi connectivity index (χ1) is 18.0. The van der Waals surface area contributed by atoms with E-state index in [1.807, 2.05) is 11.4 Å². The minimum atomic E-state index is -1.22. The van der Waals surface area contributed by atoms with Crippen molar-refractivity contribution in [3.63, 3.8) is 0 Å². The second-order valence-electron chi connectivity index (χ2n) is 8.75. The third-order valence-corrected chi connectivity index (χ3v) is 6.75. The molecule has 0 spiro atoms. The van der Waals surface area contributed by atoms with E-state index < -0.39 is 18.0 Å². The van der Waals surface area contributed by atoms with Crippen molar-refractivity contribution in [2.75, 3.05) is 5.32 Å². The zero-order valence-electron chi connectivity index (χ0n) is 20.7. The third-order valence-electron chi connectivity index (χ3n) is 5.99. The number of rotatable bonds is 11. The molecule has 4 aromatic rings. The van der Waals surface area contributed by atoms with E-state index in [0.29, 0.717) is 10.7 Å². The van der Waals surface area contributed by atoms with Gasteiger partial charge in [0.2, 0.25) is 6.10 Å². The van der Waals surface area contributed by atoms with Gasteiger partial charge in [0.1, 0.15) is 11.3 Å². The monoisotopic (exact) mass is 514 g/mol. The van der Waals surface area contributed by atoms with Crippen LogP contribution in [0.15, 0.2) is 84.2 Å². The molecular formula is C30H30N2O4S. The SMILES string of the molecule is CCCCCCc1ccc(-c2csc(NC(=O)[C@H](OC(=O)c3ccccc3O)c3ccccc3)n2)cc1. The number of thiazole rings is 1. The summed E-state index contributed by atoms with van der Waals surface area (Å²) in [5.41, 5.74) is 3.54. The van der Waals surface area contributed by atoms with Gasteiger partial charge in [-0.3, -0.25) is 10.1 Å². The molecule has 37 heavy (non-hydrogen) atoms. The molecule has 0 unspecified atom stereocenters. The highest BCUT2D eigenvalue weighted by Gasteiger charge is 2.27. The number of unbranched alkanes of at least 4 members (excludes halogenated alkanes) is 3. The number of aromatic nitrogens is 1. The second kappa shape index (κ2) is 12.8. The fourth-order valence-electron chi connectivity index (χ4n) is 3.95. The fraction of sp³-hybridized carbons (Fsp3) is 0.233. The Labute approximate surface area is 221 Å². The Bertz CT molecular complexity index is 1320. The molecule has 1 amide bonds. The number of carbonyl (C=O) groups is 2. The van der Waals surface area contributed by atoms with E-state index in [2.05, 4.69) is 41.5 Å². The molecule has 1 aromatic heterocycles. The van der Waals surface area contributed by atoms with Gasteiger partial charge in [-0.1, -0.05) is 92.9 Å². The lowest BCUT2D eigenvalue weighted by atomic mass is 10.0. The number of ether oxygens (including phenoxy) is 1. The zero-order valence-corrected chi connectivity index (χ0v) is 21.5. The molecule has 1 atom stereocenters. The molecule has 7 heteroatoms. The lowest BCUT2D eigenvalue weighted by Gasteiger charge is -2.17. The van der Waals surface area contributed by atoms with E-state index >= 15 is 0 Å². The summed E-state index contributed by atoms with van der Waals surface area (Å²) in [6.07, 6.45) is 4.79. The van der Waals surface area contributed by atoms with Gasteiger partial charge in [-0.2, -0.15) is 0 Å². The van der Waals surface area contributed by atoms with E-state index in [1.54, 1.807) is 36.4 Å². The van der Waals surface area contributed by atoms with Gasteiger partial charge in [-0.05, 0) is 30.5 Å². The first-order valence-corrected chi connectivity index (χ1v) is 13.3. The minimum Gasteiger partial charge on any atom is -0.507 e. The summed E-state index contributed by atoms with van der Waals surface area (Å²) < 4.78 is 5.56. The van der Waals surface area contributed by atoms with E-state index in [0.717, 1.165) is 17.7 Å². The summed E-state index contributed by atoms with van der Waals surface area (Å²) in [5.74, 6) is -1.54. The number of aromatic hydroxyl groups is 1. The van der Waals surface area contributed by atoms with Crippen LogP contribution in [0, 0.1) is 0 Å². The molecule has 190 valence electrons. The van der Waals surface area contributed by atoms with Gasteiger partial charge in [0.25, 0.3) is 5.91 Å². The Hall–Kier alpha value is -3.97. The number of esters is 1. The molecular weight excluding hydrogens is 484 g/mol. The summed E-state index contributed by atoms with van der Waals surface area (Å²) >= 11 is 1.30. The maximum Gasteiger partial charge on any atom is 0.343 e. The Morgan fingerprint density at radius 1 is 0.946 bits per heavy atom. The van der Waals surface area contributed by atoms with Crippen molar-refractivity contribution in [1.82, 2.24) is 4.98 Å². The normalized spacial score (nSPS) is 11.6. The number of phenolic OH excluding ortho intramolecular Hbond substituents is 1. The standard InChI is InChI=1S/C30H30N2O4S/c1-2-3-4-6-11-21-16-18-22(19-17-21)25-20-37-30(31-25)32-28(34)27(23-12-7-5-8-13-23)36-29(35)24-14-9-10-15-26(24)33/h5,7-10,12-20,27,33H,2-4,6,11H2,1H3,(H,31,32,34)/t27-/m1/s1. The van der Waals surface area contributed by atoms with Gasteiger partial charge in [0, 0.05) is 16.5 Å². The number of benzene rings is 3. The van der Waals surface area contributed by atoms with Crippen LogP contribution in [0.5, 0.6) is 5.75 Å². The largest absolute Gasteiger partial charge is 0.507 e. The molecule has 2 N–H and O–H groups in total. The molecule has 0 saturated carbocycles. The number of hydrogen-bond donors (Lipinski definition) is 2. The predicted octanol–water partition coefficient (Wildman–Crippen LogP) is 7.18. The summed E-state index contributed by atoms with van der Waals surface area (Å²) in [6.45, 7) is 2.21. The molecule has 1 heterocycles. The van der Waals surface area contributed by atoms with E-state index in [1.165, 1.54) is 54.7 Å². The maximum absolute atomic E-state index is 13.2. The second-order valence-corrected chi connectivity index (χ2v) is 9.61. The van der Waals surface area contributed by atoms with Gasteiger partial charge in [-0.25, -0.2) is 9.78 Å². The van der Waals surface area contributed by atoms with Crippen LogP contribution < -0.4 is 5.32 Å². The molecule has 0 radical (unpaired) electrons. The molecule has 0 aliphatic heterocycles. The summed E-state index contributed by atoms with van der Waals surface area (Å²) in [7, 11) is 0. The number of carbonyl (C=O) groups excluding carboxylic acids is 2. The average Bonchev–Trinajstić information content (AvgIpc) is 3.39. The summed E-state index contributed by atoms with van der Waals surface area (Å²) in [5, 5.41) is 15.1. The highest BCUT2D eigenvalue weighted by molar-refractivity contribution is 7.14. The molecule has 0 bridgehead atoms. The van der Waals surface area contributed by atoms with Crippen molar-refractivity contribution in [2.24, 2.45) is 0 Å². The fourth-order valence-corrected chi connectivity index (χ4v) is 4.67. The van der Waals surface area contributed by atoms with Crippen molar-refractivity contribution in [2.45, 2.75) is 45.1 Å². The number of anilines is 1. The minimum absolute atomic E-state index is 0.0124.